The topological polar surface area (TPSA) is 119 Å². The summed E-state index contributed by atoms with van der Waals surface area (Å²) in [5, 5.41) is 4.92. The van der Waals surface area contributed by atoms with Crippen molar-refractivity contribution >= 4 is 27.6 Å². The first-order valence-corrected chi connectivity index (χ1v) is 9.44. The van der Waals surface area contributed by atoms with Crippen LogP contribution in [-0.2, 0) is 24.2 Å². The Morgan fingerprint density at radius 2 is 1.80 bits per heavy atom. The molecule has 1 aromatic rings. The number of hydrogen-bond donors (Lipinski definition) is 2. The van der Waals surface area contributed by atoms with E-state index in [1.165, 1.54) is 38.1 Å². The van der Waals surface area contributed by atoms with Gasteiger partial charge in [-0.05, 0) is 26.0 Å². The Morgan fingerprint density at radius 1 is 1.16 bits per heavy atom. The molecule has 1 rings (SSSR count). The van der Waals surface area contributed by atoms with E-state index < -0.39 is 34.4 Å². The maximum Gasteiger partial charge on any atom is 0.339 e. The zero-order valence-electron chi connectivity index (χ0n) is 14.4. The smallest absolute Gasteiger partial charge is 0.339 e. The van der Waals surface area contributed by atoms with Crippen LogP contribution in [-0.4, -0.2) is 51.1 Å². The van der Waals surface area contributed by atoms with Crippen LogP contribution in [0.25, 0.3) is 0 Å². The zero-order valence-corrected chi connectivity index (χ0v) is 15.2. The molecule has 0 aliphatic carbocycles. The van der Waals surface area contributed by atoms with Gasteiger partial charge in [-0.15, -0.1) is 0 Å². The lowest BCUT2D eigenvalue weighted by Crippen LogP contribution is -2.46. The minimum Gasteiger partial charge on any atom is -0.452 e. The average Bonchev–Trinajstić information content (AvgIpc) is 2.59. The first kappa shape index (κ1) is 20.6. The predicted octanol–water partition coefficient (Wildman–Crippen LogP) is 0.278. The number of sulfone groups is 1. The number of carbonyl (C=O) groups is 3. The van der Waals surface area contributed by atoms with E-state index in [1.54, 1.807) is 6.92 Å². The maximum absolute atomic E-state index is 12.1. The van der Waals surface area contributed by atoms with E-state index in [-0.39, 0.29) is 22.1 Å². The highest BCUT2D eigenvalue weighted by atomic mass is 32.2. The minimum atomic E-state index is -3.60. The van der Waals surface area contributed by atoms with Crippen molar-refractivity contribution in [2.24, 2.45) is 0 Å². The number of benzene rings is 1. The average molecular weight is 370 g/mol. The van der Waals surface area contributed by atoms with Gasteiger partial charge in [-0.25, -0.2) is 13.2 Å². The molecular formula is C16H22N2O6S. The molecular weight excluding hydrogens is 348 g/mol. The summed E-state index contributed by atoms with van der Waals surface area (Å²) < 4.78 is 28.9. The van der Waals surface area contributed by atoms with Gasteiger partial charge in [0, 0.05) is 6.54 Å². The number of esters is 1. The summed E-state index contributed by atoms with van der Waals surface area (Å²) in [5.74, 6) is -2.11. The van der Waals surface area contributed by atoms with Crippen molar-refractivity contribution in [3.05, 3.63) is 29.8 Å². The third-order valence-electron chi connectivity index (χ3n) is 3.28. The third-order valence-corrected chi connectivity index (χ3v) is 5.06. The number of nitrogens with one attached hydrogen (secondary N) is 2. The van der Waals surface area contributed by atoms with Gasteiger partial charge in [0.15, 0.2) is 16.4 Å². The van der Waals surface area contributed by atoms with Crippen LogP contribution >= 0.6 is 0 Å². The second-order valence-electron chi connectivity index (χ2n) is 5.16. The van der Waals surface area contributed by atoms with Gasteiger partial charge in [0.1, 0.15) is 6.04 Å². The van der Waals surface area contributed by atoms with E-state index in [9.17, 15) is 22.8 Å². The van der Waals surface area contributed by atoms with Crippen molar-refractivity contribution in [2.75, 3.05) is 18.9 Å². The van der Waals surface area contributed by atoms with Crippen LogP contribution < -0.4 is 10.6 Å². The van der Waals surface area contributed by atoms with Gasteiger partial charge in [-0.3, -0.25) is 9.59 Å². The van der Waals surface area contributed by atoms with Gasteiger partial charge in [-0.2, -0.15) is 0 Å². The fraction of sp³-hybridized carbons (Fsp3) is 0.438. The van der Waals surface area contributed by atoms with Crippen molar-refractivity contribution in [1.29, 1.82) is 0 Å². The zero-order chi connectivity index (χ0) is 19.0. The molecule has 0 saturated heterocycles. The molecule has 0 saturated carbocycles. The molecule has 138 valence electrons. The van der Waals surface area contributed by atoms with Crippen LogP contribution in [0.4, 0.5) is 0 Å². The molecule has 9 heteroatoms. The Balaban J connectivity index is 2.73. The standard InChI is InChI=1S/C16H22N2O6S/c1-4-17-15(20)11(3)18-14(19)10-24-16(21)12-8-6-7-9-13(12)25(22,23)5-2/h6-9,11H,4-5,10H2,1-3H3,(H,17,20)(H,18,19)/t11-/m1/s1. The molecule has 0 aliphatic heterocycles. The van der Waals surface area contributed by atoms with Crippen LogP contribution in [0.3, 0.4) is 0 Å². The van der Waals surface area contributed by atoms with Gasteiger partial charge in [-0.1, -0.05) is 19.1 Å². The van der Waals surface area contributed by atoms with E-state index in [0.717, 1.165) is 0 Å². The number of rotatable bonds is 8. The SMILES string of the molecule is CCNC(=O)[C@@H](C)NC(=O)COC(=O)c1ccccc1S(=O)(=O)CC. The molecule has 0 fully saturated rings. The normalized spacial score (nSPS) is 12.1. The lowest BCUT2D eigenvalue weighted by atomic mass is 10.2. The van der Waals surface area contributed by atoms with Gasteiger partial charge < -0.3 is 15.4 Å². The number of carbonyl (C=O) groups excluding carboxylic acids is 3. The van der Waals surface area contributed by atoms with E-state index in [0.29, 0.717) is 6.54 Å². The Kier molecular flexibility index (Phi) is 7.56. The van der Waals surface area contributed by atoms with E-state index in [2.05, 4.69) is 10.6 Å². The molecule has 0 aliphatic rings. The Bertz CT molecular complexity index is 745. The van der Waals surface area contributed by atoms with Crippen molar-refractivity contribution in [3.8, 4) is 0 Å². The van der Waals surface area contributed by atoms with E-state index in [1.807, 2.05) is 0 Å². The maximum atomic E-state index is 12.1. The molecule has 0 bridgehead atoms. The van der Waals surface area contributed by atoms with Gasteiger partial charge in [0.05, 0.1) is 16.2 Å². The molecule has 0 aromatic heterocycles. The Hall–Kier alpha value is -2.42. The third kappa shape index (κ3) is 5.86. The molecule has 8 nitrogen and oxygen atoms in total. The van der Waals surface area contributed by atoms with Gasteiger partial charge in [0.25, 0.3) is 5.91 Å². The summed E-state index contributed by atoms with van der Waals surface area (Å²) in [7, 11) is -3.60. The second-order valence-corrected chi connectivity index (χ2v) is 7.41. The van der Waals surface area contributed by atoms with E-state index >= 15 is 0 Å². The number of hydrogen-bond acceptors (Lipinski definition) is 6. The summed E-state index contributed by atoms with van der Waals surface area (Å²) in [4.78, 5) is 35.2. The highest BCUT2D eigenvalue weighted by molar-refractivity contribution is 7.91. The first-order chi connectivity index (χ1) is 11.7. The fourth-order valence-electron chi connectivity index (χ4n) is 1.95. The van der Waals surface area contributed by atoms with Crippen LogP contribution in [0.1, 0.15) is 31.1 Å². The molecule has 0 unspecified atom stereocenters. The lowest BCUT2D eigenvalue weighted by molar-refractivity contribution is -0.130. The number of ether oxygens (including phenoxy) is 1. The van der Waals surface area contributed by atoms with Crippen molar-refractivity contribution < 1.29 is 27.5 Å². The Labute approximate surface area is 146 Å². The van der Waals surface area contributed by atoms with Gasteiger partial charge in [0.2, 0.25) is 5.91 Å². The monoisotopic (exact) mass is 370 g/mol. The highest BCUT2D eigenvalue weighted by Crippen LogP contribution is 2.17. The summed E-state index contributed by atoms with van der Waals surface area (Å²) >= 11 is 0. The molecule has 1 atom stereocenters. The van der Waals surface area contributed by atoms with Crippen LogP contribution in [0.2, 0.25) is 0 Å². The molecule has 0 heterocycles. The minimum absolute atomic E-state index is 0.131. The number of likely N-dealkylation sites (N-methyl/N-ethyl adjacent to an activating group) is 1. The number of amides is 2. The summed E-state index contributed by atoms with van der Waals surface area (Å²) in [5.41, 5.74) is -0.131. The predicted molar refractivity (Wildman–Crippen MR) is 90.7 cm³/mol. The van der Waals surface area contributed by atoms with Crippen molar-refractivity contribution in [3.63, 3.8) is 0 Å². The van der Waals surface area contributed by atoms with Crippen LogP contribution in [0.15, 0.2) is 29.2 Å². The summed E-state index contributed by atoms with van der Waals surface area (Å²) in [6, 6.07) is 4.86. The summed E-state index contributed by atoms with van der Waals surface area (Å²) in [6.45, 7) is 4.51. The van der Waals surface area contributed by atoms with Gasteiger partial charge >= 0.3 is 5.97 Å². The Morgan fingerprint density at radius 3 is 2.40 bits per heavy atom. The largest absolute Gasteiger partial charge is 0.452 e. The molecule has 0 radical (unpaired) electrons. The molecule has 25 heavy (non-hydrogen) atoms. The second kappa shape index (κ2) is 9.16. The molecule has 2 N–H and O–H groups in total. The quantitative estimate of drug-likeness (QED) is 0.635. The van der Waals surface area contributed by atoms with Crippen molar-refractivity contribution in [2.45, 2.75) is 31.7 Å². The lowest BCUT2D eigenvalue weighted by Gasteiger charge is -2.14. The molecule has 2 amide bonds. The first-order valence-electron chi connectivity index (χ1n) is 7.78. The highest BCUT2D eigenvalue weighted by Gasteiger charge is 2.22. The van der Waals surface area contributed by atoms with E-state index in [4.69, 9.17) is 4.74 Å². The fourth-order valence-corrected chi connectivity index (χ4v) is 3.03. The summed E-state index contributed by atoms with van der Waals surface area (Å²) in [6.07, 6.45) is 0. The molecule has 0 spiro atoms. The van der Waals surface area contributed by atoms with Crippen molar-refractivity contribution in [1.82, 2.24) is 10.6 Å². The molecule has 1 aromatic carbocycles. The van der Waals surface area contributed by atoms with Crippen LogP contribution in [0, 0.1) is 0 Å². The van der Waals surface area contributed by atoms with Crippen LogP contribution in [0.5, 0.6) is 0 Å².